The van der Waals surface area contributed by atoms with Crippen LogP contribution in [0.5, 0.6) is 5.75 Å². The average Bonchev–Trinajstić information content (AvgIpc) is 2.53. The topological polar surface area (TPSA) is 66.8 Å². The van der Waals surface area contributed by atoms with Crippen LogP contribution in [-0.4, -0.2) is 41.1 Å². The van der Waals surface area contributed by atoms with Gasteiger partial charge in [0.15, 0.2) is 18.2 Å². The Bertz CT molecular complexity index is 600. The Hall–Kier alpha value is -2.18. The zero-order valence-corrected chi connectivity index (χ0v) is 12.8. The van der Waals surface area contributed by atoms with E-state index in [1.807, 2.05) is 0 Å². The smallest absolute Gasteiger partial charge is 0.329 e. The third-order valence-corrected chi connectivity index (χ3v) is 4.34. The molecule has 0 bridgehead atoms. The van der Waals surface area contributed by atoms with Crippen LogP contribution in [0.15, 0.2) is 18.2 Å². The lowest BCUT2D eigenvalue weighted by Crippen LogP contribution is -2.57. The first-order valence-corrected chi connectivity index (χ1v) is 7.45. The molecule has 2 rings (SSSR count). The molecule has 23 heavy (non-hydrogen) atoms. The van der Waals surface area contributed by atoms with Crippen molar-refractivity contribution in [1.29, 1.82) is 0 Å². The van der Waals surface area contributed by atoms with Crippen LogP contribution in [0.1, 0.15) is 32.1 Å². The van der Waals surface area contributed by atoms with E-state index >= 15 is 0 Å². The molecule has 1 fully saturated rings. The third kappa shape index (κ3) is 3.60. The highest BCUT2D eigenvalue weighted by molar-refractivity contribution is 5.87. The van der Waals surface area contributed by atoms with E-state index in [0.29, 0.717) is 18.9 Å². The predicted molar refractivity (Wildman–Crippen MR) is 78.1 cm³/mol. The lowest BCUT2D eigenvalue weighted by Gasteiger charge is -2.40. The molecule has 1 aliphatic rings. The number of ether oxygens (including phenoxy) is 1. The molecule has 1 saturated carbocycles. The minimum atomic E-state index is -1.24. The molecule has 0 aromatic heterocycles. The molecule has 1 amide bonds. The van der Waals surface area contributed by atoms with Crippen molar-refractivity contribution in [2.45, 2.75) is 37.6 Å². The summed E-state index contributed by atoms with van der Waals surface area (Å²) in [6.45, 7) is -0.506. The zero-order valence-electron chi connectivity index (χ0n) is 12.8. The summed E-state index contributed by atoms with van der Waals surface area (Å²) in [4.78, 5) is 25.1. The van der Waals surface area contributed by atoms with E-state index in [-0.39, 0.29) is 5.75 Å². The molecular formula is C16H19F2NO4. The van der Waals surface area contributed by atoms with Gasteiger partial charge in [0.05, 0.1) is 0 Å². The molecule has 1 aromatic rings. The van der Waals surface area contributed by atoms with Crippen LogP contribution in [0.25, 0.3) is 0 Å². The Morgan fingerprint density at radius 1 is 1.26 bits per heavy atom. The summed E-state index contributed by atoms with van der Waals surface area (Å²) in [5, 5.41) is 9.53. The minimum Gasteiger partial charge on any atom is -0.481 e. The molecule has 5 nitrogen and oxygen atoms in total. The van der Waals surface area contributed by atoms with Crippen molar-refractivity contribution in [1.82, 2.24) is 4.90 Å². The van der Waals surface area contributed by atoms with E-state index in [1.165, 1.54) is 11.9 Å². The van der Waals surface area contributed by atoms with Crippen molar-refractivity contribution in [2.24, 2.45) is 0 Å². The van der Waals surface area contributed by atoms with Gasteiger partial charge in [-0.2, -0.15) is 0 Å². The molecule has 0 radical (unpaired) electrons. The fourth-order valence-corrected chi connectivity index (χ4v) is 2.90. The van der Waals surface area contributed by atoms with Crippen molar-refractivity contribution < 1.29 is 28.2 Å². The van der Waals surface area contributed by atoms with Gasteiger partial charge in [-0.1, -0.05) is 19.3 Å². The van der Waals surface area contributed by atoms with Crippen LogP contribution in [0, 0.1) is 11.6 Å². The van der Waals surface area contributed by atoms with E-state index in [4.69, 9.17) is 4.74 Å². The number of hydrogen-bond acceptors (Lipinski definition) is 3. The van der Waals surface area contributed by atoms with Crippen LogP contribution in [-0.2, 0) is 9.59 Å². The summed E-state index contributed by atoms with van der Waals surface area (Å²) >= 11 is 0. The Balaban J connectivity index is 2.05. The maximum absolute atomic E-state index is 13.5. The first-order chi connectivity index (χ1) is 10.9. The van der Waals surface area contributed by atoms with E-state index < -0.39 is 35.7 Å². The molecule has 1 N–H and O–H groups in total. The molecule has 0 unspecified atom stereocenters. The van der Waals surface area contributed by atoms with Gasteiger partial charge in [0.1, 0.15) is 11.4 Å². The Labute approximate surface area is 132 Å². The minimum absolute atomic E-state index is 0.249. The number of nitrogens with zero attached hydrogens (tertiary/aromatic N) is 1. The number of rotatable bonds is 5. The molecule has 126 valence electrons. The summed E-state index contributed by atoms with van der Waals surface area (Å²) in [7, 11) is 1.42. The number of halogens is 2. The van der Waals surface area contributed by atoms with Gasteiger partial charge in [-0.25, -0.2) is 13.6 Å². The van der Waals surface area contributed by atoms with Gasteiger partial charge < -0.3 is 14.7 Å². The zero-order chi connectivity index (χ0) is 17.0. The van der Waals surface area contributed by atoms with Gasteiger partial charge in [0, 0.05) is 13.1 Å². The van der Waals surface area contributed by atoms with Crippen molar-refractivity contribution in [3.05, 3.63) is 29.8 Å². The van der Waals surface area contributed by atoms with Gasteiger partial charge >= 0.3 is 5.97 Å². The Kier molecular flexibility index (Phi) is 5.18. The van der Waals surface area contributed by atoms with Crippen molar-refractivity contribution in [3.63, 3.8) is 0 Å². The molecule has 1 aromatic carbocycles. The van der Waals surface area contributed by atoms with Crippen molar-refractivity contribution >= 4 is 11.9 Å². The molecule has 0 spiro atoms. The van der Waals surface area contributed by atoms with Crippen LogP contribution in [0.3, 0.4) is 0 Å². The van der Waals surface area contributed by atoms with E-state index in [1.54, 1.807) is 0 Å². The number of carboxylic acids is 1. The highest BCUT2D eigenvalue weighted by Gasteiger charge is 2.45. The number of carbonyl (C=O) groups is 2. The van der Waals surface area contributed by atoms with Crippen LogP contribution < -0.4 is 4.74 Å². The number of amides is 1. The summed E-state index contributed by atoms with van der Waals surface area (Å²) < 4.78 is 31.4. The maximum atomic E-state index is 13.5. The maximum Gasteiger partial charge on any atom is 0.329 e. The lowest BCUT2D eigenvalue weighted by atomic mass is 9.80. The number of carboxylic acid groups (broad SMARTS) is 1. The first-order valence-electron chi connectivity index (χ1n) is 7.45. The van der Waals surface area contributed by atoms with Gasteiger partial charge in [-0.05, 0) is 25.0 Å². The number of likely N-dealkylation sites (N-methyl/N-ethyl adjacent to an activating group) is 1. The predicted octanol–water partition coefficient (Wildman–Crippen LogP) is 2.59. The van der Waals surface area contributed by atoms with Gasteiger partial charge in [-0.3, -0.25) is 4.79 Å². The van der Waals surface area contributed by atoms with Crippen LogP contribution >= 0.6 is 0 Å². The fourth-order valence-electron chi connectivity index (χ4n) is 2.90. The molecule has 0 atom stereocenters. The molecule has 1 aliphatic carbocycles. The Morgan fingerprint density at radius 3 is 2.48 bits per heavy atom. The normalized spacial score (nSPS) is 16.7. The number of benzene rings is 1. The fraction of sp³-hybridized carbons (Fsp3) is 0.500. The second kappa shape index (κ2) is 6.93. The molecule has 7 heteroatoms. The second-order valence-corrected chi connectivity index (χ2v) is 5.71. The van der Waals surface area contributed by atoms with Gasteiger partial charge in [-0.15, -0.1) is 0 Å². The number of hydrogen-bond donors (Lipinski definition) is 1. The van der Waals surface area contributed by atoms with Crippen molar-refractivity contribution in [2.75, 3.05) is 13.7 Å². The van der Waals surface area contributed by atoms with Crippen LogP contribution in [0.4, 0.5) is 8.78 Å². The number of aliphatic carboxylic acids is 1. The molecule has 0 saturated heterocycles. The third-order valence-electron chi connectivity index (χ3n) is 4.34. The SMILES string of the molecule is CN(C(=O)COc1ccc(F)cc1F)C1(C(=O)O)CCCCC1. The molecule has 0 aliphatic heterocycles. The first kappa shape index (κ1) is 17.2. The summed E-state index contributed by atoms with van der Waals surface area (Å²) in [5.74, 6) is -3.50. The van der Waals surface area contributed by atoms with Crippen LogP contribution in [0.2, 0.25) is 0 Å². The standard InChI is InChI=1S/C16H19F2NO4/c1-19(16(15(21)22)7-3-2-4-8-16)14(20)10-23-13-6-5-11(17)9-12(13)18/h5-6,9H,2-4,7-8,10H2,1H3,(H,21,22). The van der Waals surface area contributed by atoms with Gasteiger partial charge in [0.25, 0.3) is 5.91 Å². The monoisotopic (exact) mass is 327 g/mol. The van der Waals surface area contributed by atoms with Gasteiger partial charge in [0.2, 0.25) is 0 Å². The van der Waals surface area contributed by atoms with E-state index in [0.717, 1.165) is 31.4 Å². The second-order valence-electron chi connectivity index (χ2n) is 5.71. The van der Waals surface area contributed by atoms with E-state index in [9.17, 15) is 23.5 Å². The highest BCUT2D eigenvalue weighted by atomic mass is 19.1. The lowest BCUT2D eigenvalue weighted by molar-refractivity contribution is -0.161. The quantitative estimate of drug-likeness (QED) is 0.903. The average molecular weight is 327 g/mol. The molecular weight excluding hydrogens is 308 g/mol. The van der Waals surface area contributed by atoms with Crippen molar-refractivity contribution in [3.8, 4) is 5.75 Å². The van der Waals surface area contributed by atoms with E-state index in [2.05, 4.69) is 0 Å². The summed E-state index contributed by atoms with van der Waals surface area (Å²) in [6.07, 6.45) is 3.17. The highest BCUT2D eigenvalue weighted by Crippen LogP contribution is 2.33. The largest absolute Gasteiger partial charge is 0.481 e. The number of carbonyl (C=O) groups excluding carboxylic acids is 1. The summed E-state index contributed by atoms with van der Waals surface area (Å²) in [6, 6.07) is 2.77. The molecule has 0 heterocycles. The summed E-state index contributed by atoms with van der Waals surface area (Å²) in [5.41, 5.74) is -1.24. The Morgan fingerprint density at radius 2 is 1.91 bits per heavy atom.